The Labute approximate surface area is 173 Å². The molecule has 28 heavy (non-hydrogen) atoms. The molecule has 1 fully saturated rings. The zero-order valence-corrected chi connectivity index (χ0v) is 16.7. The van der Waals surface area contributed by atoms with Crippen molar-refractivity contribution in [3.8, 4) is 5.88 Å². The van der Waals surface area contributed by atoms with Gasteiger partial charge in [0.05, 0.1) is 12.9 Å². The van der Waals surface area contributed by atoms with Crippen LogP contribution < -0.4 is 10.5 Å². The van der Waals surface area contributed by atoms with E-state index in [1.165, 1.54) is 10.9 Å². The number of hydrogen-bond acceptors (Lipinski definition) is 9. The molecular formula is C17H18IN5O5. The van der Waals surface area contributed by atoms with Gasteiger partial charge in [-0.05, 0) is 40.3 Å². The lowest BCUT2D eigenvalue weighted by molar-refractivity contribution is -0.0511. The van der Waals surface area contributed by atoms with Gasteiger partial charge in [-0.2, -0.15) is 9.97 Å². The first kappa shape index (κ1) is 19.3. The van der Waals surface area contributed by atoms with Gasteiger partial charge in [0.25, 0.3) is 0 Å². The molecule has 11 heteroatoms. The van der Waals surface area contributed by atoms with Gasteiger partial charge in [-0.3, -0.25) is 4.57 Å². The number of aromatic nitrogens is 4. The van der Waals surface area contributed by atoms with E-state index in [0.717, 1.165) is 9.13 Å². The van der Waals surface area contributed by atoms with Crippen molar-refractivity contribution in [3.63, 3.8) is 0 Å². The first-order chi connectivity index (χ1) is 13.5. The molecule has 5 N–H and O–H groups in total. The number of anilines is 1. The van der Waals surface area contributed by atoms with Crippen molar-refractivity contribution in [3.05, 3.63) is 39.7 Å². The molecule has 0 amide bonds. The second kappa shape index (κ2) is 7.75. The zero-order valence-electron chi connectivity index (χ0n) is 14.5. The molecule has 1 aliphatic heterocycles. The Morgan fingerprint density at radius 2 is 1.93 bits per heavy atom. The highest BCUT2D eigenvalue weighted by molar-refractivity contribution is 14.1. The Kier molecular flexibility index (Phi) is 5.33. The molecule has 2 aromatic heterocycles. The van der Waals surface area contributed by atoms with Crippen LogP contribution in [0, 0.1) is 3.57 Å². The van der Waals surface area contributed by atoms with Crippen molar-refractivity contribution in [2.45, 2.75) is 31.1 Å². The van der Waals surface area contributed by atoms with Crippen LogP contribution in [0.1, 0.15) is 11.8 Å². The fourth-order valence-corrected chi connectivity index (χ4v) is 3.40. The van der Waals surface area contributed by atoms with Gasteiger partial charge in [-0.1, -0.05) is 12.1 Å². The Hall–Kier alpha value is -2.06. The van der Waals surface area contributed by atoms with E-state index in [1.54, 1.807) is 0 Å². The molecule has 148 valence electrons. The minimum absolute atomic E-state index is 0.0291. The molecule has 0 unspecified atom stereocenters. The van der Waals surface area contributed by atoms with Crippen molar-refractivity contribution < 1.29 is 24.8 Å². The first-order valence-electron chi connectivity index (χ1n) is 8.47. The molecule has 0 bridgehead atoms. The summed E-state index contributed by atoms with van der Waals surface area (Å²) < 4.78 is 13.9. The van der Waals surface area contributed by atoms with Crippen LogP contribution in [-0.2, 0) is 11.3 Å². The summed E-state index contributed by atoms with van der Waals surface area (Å²) >= 11 is 2.22. The monoisotopic (exact) mass is 499 g/mol. The third-order valence-electron chi connectivity index (χ3n) is 4.49. The van der Waals surface area contributed by atoms with Crippen molar-refractivity contribution in [1.82, 2.24) is 19.5 Å². The lowest BCUT2D eigenvalue weighted by atomic mass is 10.1. The van der Waals surface area contributed by atoms with Crippen LogP contribution in [0.3, 0.4) is 0 Å². The van der Waals surface area contributed by atoms with Crippen LogP contribution in [0.5, 0.6) is 5.88 Å². The van der Waals surface area contributed by atoms with E-state index in [-0.39, 0.29) is 18.4 Å². The molecule has 1 aliphatic rings. The highest BCUT2D eigenvalue weighted by Crippen LogP contribution is 2.33. The molecule has 0 spiro atoms. The number of benzene rings is 1. The van der Waals surface area contributed by atoms with Crippen molar-refractivity contribution in [1.29, 1.82) is 0 Å². The van der Waals surface area contributed by atoms with Crippen molar-refractivity contribution in [2.24, 2.45) is 0 Å². The molecule has 0 radical (unpaired) electrons. The Morgan fingerprint density at radius 1 is 1.18 bits per heavy atom. The zero-order chi connectivity index (χ0) is 19.8. The number of nitrogens with two attached hydrogens (primary N) is 1. The Balaban J connectivity index is 1.64. The summed E-state index contributed by atoms with van der Waals surface area (Å²) in [7, 11) is 0. The molecule has 3 aromatic rings. The minimum Gasteiger partial charge on any atom is -0.471 e. The summed E-state index contributed by atoms with van der Waals surface area (Å²) in [6.07, 6.45) is -2.98. The van der Waals surface area contributed by atoms with Crippen molar-refractivity contribution >= 4 is 39.7 Å². The van der Waals surface area contributed by atoms with Gasteiger partial charge in [0, 0.05) is 3.57 Å². The second-order valence-electron chi connectivity index (χ2n) is 6.36. The number of aliphatic hydroxyl groups excluding tert-OH is 3. The van der Waals surface area contributed by atoms with E-state index >= 15 is 0 Å². The maximum atomic E-state index is 10.3. The predicted molar refractivity (Wildman–Crippen MR) is 106 cm³/mol. The third-order valence-corrected chi connectivity index (χ3v) is 5.21. The summed E-state index contributed by atoms with van der Waals surface area (Å²) in [4.78, 5) is 12.5. The molecule has 1 aromatic carbocycles. The van der Waals surface area contributed by atoms with E-state index in [9.17, 15) is 15.3 Å². The average Bonchev–Trinajstić information content (AvgIpc) is 3.22. The number of nitrogens with zero attached hydrogens (tertiary/aromatic N) is 4. The minimum atomic E-state index is -1.26. The molecule has 1 saturated heterocycles. The quantitative estimate of drug-likeness (QED) is 0.362. The first-order valence-corrected chi connectivity index (χ1v) is 9.55. The normalized spacial score (nSPS) is 24.7. The van der Waals surface area contributed by atoms with Gasteiger partial charge in [-0.25, -0.2) is 4.98 Å². The smallest absolute Gasteiger partial charge is 0.247 e. The summed E-state index contributed by atoms with van der Waals surface area (Å²) in [6.45, 7) is -0.161. The second-order valence-corrected chi connectivity index (χ2v) is 7.60. The van der Waals surface area contributed by atoms with E-state index in [1.807, 2.05) is 24.3 Å². The van der Waals surface area contributed by atoms with Crippen LogP contribution >= 0.6 is 22.6 Å². The lowest BCUT2D eigenvalue weighted by Crippen LogP contribution is -2.33. The number of nitrogen functional groups attached to an aromatic ring is 1. The maximum absolute atomic E-state index is 10.3. The molecule has 4 atom stereocenters. The van der Waals surface area contributed by atoms with Crippen LogP contribution in [0.4, 0.5) is 5.95 Å². The largest absolute Gasteiger partial charge is 0.471 e. The standard InChI is InChI=1S/C17H18IN5O5/c18-9-3-1-8(2-4-9)6-27-15-11-14(21-17(19)22-15)23(7-20-11)16-13(26)12(25)10(5-24)28-16/h1-4,7,10,12-13,16,24-26H,5-6H2,(H2,19,21,22)/t10-,12-,13-,16-/m1/s1. The highest BCUT2D eigenvalue weighted by Gasteiger charge is 2.44. The van der Waals surface area contributed by atoms with E-state index in [2.05, 4.69) is 37.5 Å². The average molecular weight is 499 g/mol. The number of fused-ring (bicyclic) bond motifs is 1. The van der Waals surface area contributed by atoms with Gasteiger partial charge in [0.2, 0.25) is 11.8 Å². The summed E-state index contributed by atoms with van der Waals surface area (Å²) in [5.74, 6) is 0.171. The third kappa shape index (κ3) is 3.51. The van der Waals surface area contributed by atoms with Gasteiger partial charge in [-0.15, -0.1) is 0 Å². The highest BCUT2D eigenvalue weighted by atomic mass is 127. The number of ether oxygens (including phenoxy) is 2. The molecule has 0 aliphatic carbocycles. The molecule has 10 nitrogen and oxygen atoms in total. The molecule has 4 rings (SSSR count). The fourth-order valence-electron chi connectivity index (χ4n) is 3.04. The summed E-state index contributed by atoms with van der Waals surface area (Å²) in [5.41, 5.74) is 7.41. The number of halogens is 1. The predicted octanol–water partition coefficient (Wildman–Crippen LogP) is 0.204. The van der Waals surface area contributed by atoms with Gasteiger partial charge < -0.3 is 30.5 Å². The van der Waals surface area contributed by atoms with Crippen LogP contribution in [0.2, 0.25) is 0 Å². The van der Waals surface area contributed by atoms with E-state index in [4.69, 9.17) is 15.2 Å². The van der Waals surface area contributed by atoms with Crippen LogP contribution in [0.15, 0.2) is 30.6 Å². The Morgan fingerprint density at radius 3 is 2.61 bits per heavy atom. The summed E-state index contributed by atoms with van der Waals surface area (Å²) in [6, 6.07) is 7.84. The van der Waals surface area contributed by atoms with Gasteiger partial charge in [0.15, 0.2) is 17.4 Å². The van der Waals surface area contributed by atoms with Crippen LogP contribution in [-0.4, -0.2) is 59.8 Å². The van der Waals surface area contributed by atoms with Gasteiger partial charge in [0.1, 0.15) is 24.9 Å². The number of rotatable bonds is 5. The van der Waals surface area contributed by atoms with Gasteiger partial charge >= 0.3 is 0 Å². The van der Waals surface area contributed by atoms with E-state index in [0.29, 0.717) is 11.2 Å². The van der Waals surface area contributed by atoms with E-state index < -0.39 is 31.1 Å². The number of imidazole rings is 1. The summed E-state index contributed by atoms with van der Waals surface area (Å²) in [5, 5.41) is 29.5. The van der Waals surface area contributed by atoms with Crippen LogP contribution in [0.25, 0.3) is 11.2 Å². The SMILES string of the molecule is Nc1nc(OCc2ccc(I)cc2)c2ncn([C@@H]3O[C@H](CO)[C@@H](O)[C@H]3O)c2n1. The topological polar surface area (TPSA) is 149 Å². The maximum Gasteiger partial charge on any atom is 0.247 e. The lowest BCUT2D eigenvalue weighted by Gasteiger charge is -2.16. The molecule has 3 heterocycles. The number of hydrogen-bond donors (Lipinski definition) is 4. The fraction of sp³-hybridized carbons (Fsp3) is 0.353. The molecular weight excluding hydrogens is 481 g/mol. The van der Waals surface area contributed by atoms with Crippen molar-refractivity contribution in [2.75, 3.05) is 12.3 Å². The molecule has 0 saturated carbocycles. The Bertz CT molecular complexity index is 982. The number of aliphatic hydroxyl groups is 3.